The highest BCUT2D eigenvalue weighted by molar-refractivity contribution is 7.92. The molecule has 0 saturated heterocycles. The number of hydrogen-bond donors (Lipinski definition) is 3. The lowest BCUT2D eigenvalue weighted by atomic mass is 10.2. The Bertz CT molecular complexity index is 456. The van der Waals surface area contributed by atoms with E-state index in [4.69, 9.17) is 11.1 Å². The number of halogens is 1. The Morgan fingerprint density at radius 1 is 1.38 bits per heavy atom. The van der Waals surface area contributed by atoms with Crippen LogP contribution in [0, 0.1) is 5.41 Å². The van der Waals surface area contributed by atoms with Gasteiger partial charge in [0.05, 0.1) is 5.75 Å². The number of nitrogens with one attached hydrogen (secondary N) is 2. The third-order valence-corrected chi connectivity index (χ3v) is 3.16. The van der Waals surface area contributed by atoms with Crippen LogP contribution in [0.2, 0.25) is 0 Å². The Morgan fingerprint density at radius 3 is 2.25 bits per heavy atom. The van der Waals surface area contributed by atoms with Gasteiger partial charge in [0.1, 0.15) is 5.84 Å². The first-order valence-electron chi connectivity index (χ1n) is 4.39. The van der Waals surface area contributed by atoms with Crippen LogP contribution in [0.15, 0.2) is 24.3 Å². The second kappa shape index (κ2) is 5.72. The van der Waals surface area contributed by atoms with Crippen molar-refractivity contribution >= 4 is 34.0 Å². The van der Waals surface area contributed by atoms with E-state index in [-0.39, 0.29) is 24.0 Å². The Balaban J connectivity index is 0.00000225. The summed E-state index contributed by atoms with van der Waals surface area (Å²) in [4.78, 5) is 0. The van der Waals surface area contributed by atoms with Gasteiger partial charge in [-0.15, -0.1) is 12.4 Å². The van der Waals surface area contributed by atoms with Crippen molar-refractivity contribution in [3.8, 4) is 0 Å². The molecule has 0 aliphatic carbocycles. The summed E-state index contributed by atoms with van der Waals surface area (Å²) in [6.45, 7) is 1.56. The molecule has 0 bridgehead atoms. The van der Waals surface area contributed by atoms with Gasteiger partial charge >= 0.3 is 0 Å². The summed E-state index contributed by atoms with van der Waals surface area (Å²) in [6, 6.07) is 6.33. The van der Waals surface area contributed by atoms with Crippen molar-refractivity contribution in [2.24, 2.45) is 5.73 Å². The van der Waals surface area contributed by atoms with Crippen LogP contribution in [0.4, 0.5) is 5.69 Å². The average molecular weight is 264 g/mol. The molecule has 0 spiro atoms. The third kappa shape index (κ3) is 4.08. The summed E-state index contributed by atoms with van der Waals surface area (Å²) in [7, 11) is -3.24. The van der Waals surface area contributed by atoms with Gasteiger partial charge in [0.2, 0.25) is 10.0 Å². The SMILES string of the molecule is CCS(=O)(=O)Nc1ccc(C(=N)N)cc1.Cl. The normalized spacial score (nSPS) is 10.3. The minimum absolute atomic E-state index is 0. The topological polar surface area (TPSA) is 96.0 Å². The van der Waals surface area contributed by atoms with Gasteiger partial charge in [0, 0.05) is 11.3 Å². The summed E-state index contributed by atoms with van der Waals surface area (Å²) in [5.74, 6) is -0.0125. The highest BCUT2D eigenvalue weighted by atomic mass is 35.5. The van der Waals surface area contributed by atoms with Gasteiger partial charge in [-0.05, 0) is 31.2 Å². The molecule has 0 aliphatic rings. The maximum Gasteiger partial charge on any atom is 0.232 e. The van der Waals surface area contributed by atoms with E-state index in [1.165, 1.54) is 0 Å². The maximum atomic E-state index is 11.2. The van der Waals surface area contributed by atoms with Crippen molar-refractivity contribution in [1.82, 2.24) is 0 Å². The van der Waals surface area contributed by atoms with Gasteiger partial charge in [-0.3, -0.25) is 10.1 Å². The molecule has 0 fully saturated rings. The predicted octanol–water partition coefficient (Wildman–Crippen LogP) is 1.15. The Morgan fingerprint density at radius 2 is 1.88 bits per heavy atom. The van der Waals surface area contributed by atoms with E-state index in [0.29, 0.717) is 11.3 Å². The lowest BCUT2D eigenvalue weighted by molar-refractivity contribution is 0.602. The predicted molar refractivity (Wildman–Crippen MR) is 67.8 cm³/mol. The van der Waals surface area contributed by atoms with Crippen LogP contribution in [-0.2, 0) is 10.0 Å². The summed E-state index contributed by atoms with van der Waals surface area (Å²) in [6.07, 6.45) is 0. The first kappa shape index (κ1) is 14.7. The number of rotatable bonds is 4. The third-order valence-electron chi connectivity index (χ3n) is 1.85. The Hall–Kier alpha value is -1.27. The summed E-state index contributed by atoms with van der Waals surface area (Å²) in [5.41, 5.74) is 6.30. The van der Waals surface area contributed by atoms with E-state index in [1.807, 2.05) is 0 Å². The molecular weight excluding hydrogens is 250 g/mol. The molecular formula is C9H14ClN3O2S. The second-order valence-corrected chi connectivity index (χ2v) is 5.01. The number of benzene rings is 1. The molecule has 0 atom stereocenters. The van der Waals surface area contributed by atoms with Crippen LogP contribution < -0.4 is 10.5 Å². The largest absolute Gasteiger partial charge is 0.384 e. The second-order valence-electron chi connectivity index (χ2n) is 3.00. The highest BCUT2D eigenvalue weighted by Gasteiger charge is 2.06. The van der Waals surface area contributed by atoms with Gasteiger partial charge in [0.15, 0.2) is 0 Å². The molecule has 1 rings (SSSR count). The van der Waals surface area contributed by atoms with Crippen LogP contribution in [0.5, 0.6) is 0 Å². The Labute approximate surface area is 101 Å². The molecule has 0 aliphatic heterocycles. The fourth-order valence-electron chi connectivity index (χ4n) is 0.970. The number of sulfonamides is 1. The number of nitrogen functional groups attached to an aromatic ring is 1. The molecule has 0 amide bonds. The average Bonchev–Trinajstić information content (AvgIpc) is 2.18. The van der Waals surface area contributed by atoms with Crippen LogP contribution in [-0.4, -0.2) is 20.0 Å². The molecule has 5 nitrogen and oxygen atoms in total. The molecule has 0 unspecified atom stereocenters. The molecule has 0 aromatic heterocycles. The molecule has 0 saturated carbocycles. The molecule has 90 valence electrons. The molecule has 1 aromatic rings. The van der Waals surface area contributed by atoms with Crippen LogP contribution in [0.25, 0.3) is 0 Å². The summed E-state index contributed by atoms with van der Waals surface area (Å²) < 4.78 is 24.8. The van der Waals surface area contributed by atoms with E-state index in [0.717, 1.165) is 0 Å². The van der Waals surface area contributed by atoms with E-state index in [9.17, 15) is 8.42 Å². The van der Waals surface area contributed by atoms with E-state index >= 15 is 0 Å². The molecule has 0 radical (unpaired) electrons. The molecule has 0 heterocycles. The fourth-order valence-corrected chi connectivity index (χ4v) is 1.61. The number of hydrogen-bond acceptors (Lipinski definition) is 3. The highest BCUT2D eigenvalue weighted by Crippen LogP contribution is 2.10. The van der Waals surface area contributed by atoms with Gasteiger partial charge in [-0.1, -0.05) is 0 Å². The summed E-state index contributed by atoms with van der Waals surface area (Å²) >= 11 is 0. The Kier molecular flexibility index (Phi) is 5.26. The zero-order valence-corrected chi connectivity index (χ0v) is 10.4. The number of anilines is 1. The van der Waals surface area contributed by atoms with E-state index in [2.05, 4.69) is 4.72 Å². The lowest BCUT2D eigenvalue weighted by Gasteiger charge is -2.06. The first-order valence-corrected chi connectivity index (χ1v) is 6.05. The zero-order valence-electron chi connectivity index (χ0n) is 8.73. The number of amidine groups is 1. The quantitative estimate of drug-likeness (QED) is 0.562. The first-order chi connectivity index (χ1) is 6.94. The fraction of sp³-hybridized carbons (Fsp3) is 0.222. The molecule has 7 heteroatoms. The van der Waals surface area contributed by atoms with Crippen molar-refractivity contribution in [2.75, 3.05) is 10.5 Å². The minimum Gasteiger partial charge on any atom is -0.384 e. The lowest BCUT2D eigenvalue weighted by Crippen LogP contribution is -2.15. The van der Waals surface area contributed by atoms with E-state index in [1.54, 1.807) is 31.2 Å². The molecule has 4 N–H and O–H groups in total. The van der Waals surface area contributed by atoms with Crippen molar-refractivity contribution in [3.05, 3.63) is 29.8 Å². The van der Waals surface area contributed by atoms with Crippen LogP contribution in [0.1, 0.15) is 12.5 Å². The van der Waals surface area contributed by atoms with Gasteiger partial charge in [0.25, 0.3) is 0 Å². The summed E-state index contributed by atoms with van der Waals surface area (Å²) in [5, 5.41) is 7.16. The van der Waals surface area contributed by atoms with Crippen LogP contribution >= 0.6 is 12.4 Å². The zero-order chi connectivity index (χ0) is 11.5. The minimum atomic E-state index is -3.24. The van der Waals surface area contributed by atoms with Gasteiger partial charge in [-0.25, -0.2) is 8.42 Å². The molecule has 16 heavy (non-hydrogen) atoms. The molecule has 1 aromatic carbocycles. The van der Waals surface area contributed by atoms with Gasteiger partial charge < -0.3 is 5.73 Å². The number of nitrogens with two attached hydrogens (primary N) is 1. The maximum absolute atomic E-state index is 11.2. The standard InChI is InChI=1S/C9H13N3O2S.ClH/c1-2-15(13,14)12-8-5-3-7(4-6-8)9(10)11;/h3-6,12H,2H2,1H3,(H3,10,11);1H. The van der Waals surface area contributed by atoms with Crippen molar-refractivity contribution < 1.29 is 8.42 Å². The van der Waals surface area contributed by atoms with Crippen LogP contribution in [0.3, 0.4) is 0 Å². The monoisotopic (exact) mass is 263 g/mol. The van der Waals surface area contributed by atoms with Crippen molar-refractivity contribution in [3.63, 3.8) is 0 Å². The van der Waals surface area contributed by atoms with Crippen molar-refractivity contribution in [2.45, 2.75) is 6.92 Å². The van der Waals surface area contributed by atoms with E-state index < -0.39 is 10.0 Å². The smallest absolute Gasteiger partial charge is 0.232 e. The van der Waals surface area contributed by atoms with Gasteiger partial charge in [-0.2, -0.15) is 0 Å². The van der Waals surface area contributed by atoms with Crippen molar-refractivity contribution in [1.29, 1.82) is 5.41 Å².